The van der Waals surface area contributed by atoms with Crippen molar-refractivity contribution >= 4 is 11.8 Å². The van der Waals surface area contributed by atoms with Crippen molar-refractivity contribution in [3.8, 4) is 5.75 Å². The van der Waals surface area contributed by atoms with E-state index in [4.69, 9.17) is 4.74 Å². The molecule has 0 amide bonds. The van der Waals surface area contributed by atoms with E-state index in [-0.39, 0.29) is 0 Å². The standard InChI is InChI=1S/C22H33N5O/c1-4-15-28-20-16-18(2)10-11-19(20)17-27-22(23-3)26-14-8-7-13-25-21-9-5-6-12-24-21/h5-6,9-12,16H,4,7-8,13-15,17H2,1-3H3,(H,24,25)(H2,23,26,27). The highest BCUT2D eigenvalue weighted by Gasteiger charge is 2.05. The van der Waals surface area contributed by atoms with Gasteiger partial charge in [-0.1, -0.05) is 25.1 Å². The number of anilines is 1. The van der Waals surface area contributed by atoms with Gasteiger partial charge in [-0.25, -0.2) is 4.98 Å². The Morgan fingerprint density at radius 1 is 1.11 bits per heavy atom. The SMILES string of the molecule is CCCOc1cc(C)ccc1CNC(=NC)NCCCCNc1ccccn1. The number of rotatable bonds is 11. The number of benzene rings is 1. The molecule has 1 heterocycles. The van der Waals surface area contributed by atoms with Gasteiger partial charge in [0, 0.05) is 38.4 Å². The summed E-state index contributed by atoms with van der Waals surface area (Å²) in [6, 6.07) is 12.2. The monoisotopic (exact) mass is 383 g/mol. The summed E-state index contributed by atoms with van der Waals surface area (Å²) in [7, 11) is 1.79. The van der Waals surface area contributed by atoms with Crippen LogP contribution in [-0.4, -0.2) is 37.7 Å². The third-order valence-electron chi connectivity index (χ3n) is 4.22. The van der Waals surface area contributed by atoms with Crippen LogP contribution >= 0.6 is 0 Å². The molecule has 0 unspecified atom stereocenters. The molecule has 0 fully saturated rings. The Hall–Kier alpha value is -2.76. The molecular formula is C22H33N5O. The van der Waals surface area contributed by atoms with Crippen molar-refractivity contribution in [1.29, 1.82) is 0 Å². The number of nitrogens with one attached hydrogen (secondary N) is 3. The number of unbranched alkanes of at least 4 members (excludes halogenated alkanes) is 1. The van der Waals surface area contributed by atoms with Gasteiger partial charge >= 0.3 is 0 Å². The second kappa shape index (κ2) is 12.6. The number of guanidine groups is 1. The summed E-state index contributed by atoms with van der Waals surface area (Å²) in [4.78, 5) is 8.56. The van der Waals surface area contributed by atoms with Crippen LogP contribution in [-0.2, 0) is 6.54 Å². The van der Waals surface area contributed by atoms with Gasteiger partial charge in [0.15, 0.2) is 5.96 Å². The van der Waals surface area contributed by atoms with Gasteiger partial charge in [0.2, 0.25) is 0 Å². The average Bonchev–Trinajstić information content (AvgIpc) is 2.72. The summed E-state index contributed by atoms with van der Waals surface area (Å²) in [5, 5.41) is 10.1. The summed E-state index contributed by atoms with van der Waals surface area (Å²) in [6.45, 7) is 7.39. The molecule has 152 valence electrons. The molecule has 6 heteroatoms. The van der Waals surface area contributed by atoms with Gasteiger partial charge in [0.1, 0.15) is 11.6 Å². The number of aromatic nitrogens is 1. The van der Waals surface area contributed by atoms with Gasteiger partial charge in [-0.3, -0.25) is 4.99 Å². The Kier molecular flexibility index (Phi) is 9.69. The highest BCUT2D eigenvalue weighted by atomic mass is 16.5. The van der Waals surface area contributed by atoms with Crippen LogP contribution in [0.2, 0.25) is 0 Å². The zero-order valence-electron chi connectivity index (χ0n) is 17.3. The van der Waals surface area contributed by atoms with Gasteiger partial charge in [0.25, 0.3) is 0 Å². The number of nitrogens with zero attached hydrogens (tertiary/aromatic N) is 2. The number of hydrogen-bond donors (Lipinski definition) is 3. The van der Waals surface area contributed by atoms with Crippen LogP contribution in [0.5, 0.6) is 5.75 Å². The van der Waals surface area contributed by atoms with Crippen LogP contribution in [0.15, 0.2) is 47.6 Å². The fourth-order valence-corrected chi connectivity index (χ4v) is 2.69. The first-order valence-corrected chi connectivity index (χ1v) is 10.0. The van der Waals surface area contributed by atoms with Crippen LogP contribution in [0, 0.1) is 6.92 Å². The van der Waals surface area contributed by atoms with Crippen LogP contribution in [0.1, 0.15) is 37.3 Å². The van der Waals surface area contributed by atoms with Gasteiger partial charge in [-0.05, 0) is 49.9 Å². The third kappa shape index (κ3) is 7.86. The second-order valence-electron chi connectivity index (χ2n) is 6.66. The molecule has 0 saturated heterocycles. The van der Waals surface area contributed by atoms with Crippen LogP contribution in [0.4, 0.5) is 5.82 Å². The maximum absolute atomic E-state index is 5.88. The molecule has 0 saturated carbocycles. The van der Waals surface area contributed by atoms with E-state index < -0.39 is 0 Å². The number of aryl methyl sites for hydroxylation is 1. The van der Waals surface area contributed by atoms with Crippen molar-refractivity contribution in [2.75, 3.05) is 32.1 Å². The van der Waals surface area contributed by atoms with Crippen molar-refractivity contribution in [2.24, 2.45) is 4.99 Å². The Labute approximate surface area is 168 Å². The second-order valence-corrected chi connectivity index (χ2v) is 6.66. The zero-order valence-corrected chi connectivity index (χ0v) is 17.3. The first kappa shape index (κ1) is 21.5. The van der Waals surface area contributed by atoms with Crippen molar-refractivity contribution in [1.82, 2.24) is 15.6 Å². The molecule has 3 N–H and O–H groups in total. The van der Waals surface area contributed by atoms with Crippen LogP contribution in [0.25, 0.3) is 0 Å². The van der Waals surface area contributed by atoms with Gasteiger partial charge in [0.05, 0.1) is 6.61 Å². The Bertz CT molecular complexity index is 718. The molecular weight excluding hydrogens is 350 g/mol. The summed E-state index contributed by atoms with van der Waals surface area (Å²) >= 11 is 0. The summed E-state index contributed by atoms with van der Waals surface area (Å²) < 4.78 is 5.88. The van der Waals surface area contributed by atoms with E-state index in [0.717, 1.165) is 62.0 Å². The molecule has 0 aliphatic heterocycles. The molecule has 0 atom stereocenters. The maximum Gasteiger partial charge on any atom is 0.191 e. The largest absolute Gasteiger partial charge is 0.493 e. The van der Waals surface area contributed by atoms with Crippen molar-refractivity contribution < 1.29 is 4.74 Å². The van der Waals surface area contributed by atoms with Crippen molar-refractivity contribution in [2.45, 2.75) is 39.7 Å². The molecule has 1 aromatic heterocycles. The predicted octanol–water partition coefficient (Wildman–Crippen LogP) is 3.74. The molecule has 0 aliphatic rings. The quantitative estimate of drug-likeness (QED) is 0.313. The predicted molar refractivity (Wildman–Crippen MR) is 117 cm³/mol. The van der Waals surface area contributed by atoms with E-state index in [9.17, 15) is 0 Å². The lowest BCUT2D eigenvalue weighted by molar-refractivity contribution is 0.313. The topological polar surface area (TPSA) is 70.6 Å². The van der Waals surface area contributed by atoms with Gasteiger partial charge in [-0.2, -0.15) is 0 Å². The number of aliphatic imine (C=N–C) groups is 1. The van der Waals surface area contributed by atoms with Crippen molar-refractivity contribution in [3.63, 3.8) is 0 Å². The fourth-order valence-electron chi connectivity index (χ4n) is 2.69. The lowest BCUT2D eigenvalue weighted by Gasteiger charge is -2.15. The Morgan fingerprint density at radius 2 is 1.96 bits per heavy atom. The van der Waals surface area contributed by atoms with Crippen LogP contribution in [0.3, 0.4) is 0 Å². The average molecular weight is 384 g/mol. The molecule has 28 heavy (non-hydrogen) atoms. The molecule has 0 bridgehead atoms. The molecule has 0 spiro atoms. The first-order valence-electron chi connectivity index (χ1n) is 10.0. The van der Waals surface area contributed by atoms with Gasteiger partial charge < -0.3 is 20.7 Å². The summed E-state index contributed by atoms with van der Waals surface area (Å²) in [6.07, 6.45) is 4.91. The smallest absolute Gasteiger partial charge is 0.191 e. The minimum Gasteiger partial charge on any atom is -0.493 e. The molecule has 0 radical (unpaired) electrons. The number of hydrogen-bond acceptors (Lipinski definition) is 4. The fraction of sp³-hybridized carbons (Fsp3) is 0.455. The summed E-state index contributed by atoms with van der Waals surface area (Å²) in [5.41, 5.74) is 2.35. The van der Waals surface area contributed by atoms with Gasteiger partial charge in [-0.15, -0.1) is 0 Å². The van der Waals surface area contributed by atoms with Crippen LogP contribution < -0.4 is 20.7 Å². The normalized spacial score (nSPS) is 11.2. The van der Waals surface area contributed by atoms with E-state index in [2.05, 4.69) is 58.0 Å². The Balaban J connectivity index is 1.68. The van der Waals surface area contributed by atoms with E-state index in [1.165, 1.54) is 5.56 Å². The highest BCUT2D eigenvalue weighted by molar-refractivity contribution is 5.79. The number of pyridine rings is 1. The maximum atomic E-state index is 5.88. The van der Waals surface area contributed by atoms with E-state index in [1.807, 2.05) is 18.2 Å². The molecule has 6 nitrogen and oxygen atoms in total. The highest BCUT2D eigenvalue weighted by Crippen LogP contribution is 2.20. The Morgan fingerprint density at radius 3 is 2.71 bits per heavy atom. The summed E-state index contributed by atoms with van der Waals surface area (Å²) in [5.74, 6) is 2.68. The molecule has 2 rings (SSSR count). The van der Waals surface area contributed by atoms with E-state index in [1.54, 1.807) is 13.2 Å². The van der Waals surface area contributed by atoms with Crippen molar-refractivity contribution in [3.05, 3.63) is 53.7 Å². The third-order valence-corrected chi connectivity index (χ3v) is 4.22. The lowest BCUT2D eigenvalue weighted by atomic mass is 10.1. The minimum absolute atomic E-state index is 0.681. The lowest BCUT2D eigenvalue weighted by Crippen LogP contribution is -2.37. The minimum atomic E-state index is 0.681. The molecule has 2 aromatic rings. The first-order chi connectivity index (χ1) is 13.7. The van der Waals surface area contributed by atoms with E-state index in [0.29, 0.717) is 6.54 Å². The molecule has 1 aromatic carbocycles. The number of ether oxygens (including phenoxy) is 1. The zero-order chi connectivity index (χ0) is 20.0. The van der Waals surface area contributed by atoms with E-state index >= 15 is 0 Å². The molecule has 0 aliphatic carbocycles.